The average molecular weight is 351 g/mol. The highest BCUT2D eigenvalue weighted by Gasteiger charge is 2.63. The minimum atomic E-state index is -0.799. The third kappa shape index (κ3) is 2.36. The fourth-order valence-corrected chi connectivity index (χ4v) is 5.84. The monoisotopic (exact) mass is 351 g/mol. The largest absolute Gasteiger partial charge is 0.457 e. The van der Waals surface area contributed by atoms with Crippen molar-refractivity contribution >= 4 is 11.9 Å². The number of rotatable bonds is 1. The van der Waals surface area contributed by atoms with Gasteiger partial charge in [0, 0.05) is 12.5 Å². The molecule has 0 aromatic rings. The Bertz CT molecular complexity index is 594. The first kappa shape index (κ1) is 17.3. The van der Waals surface area contributed by atoms with Gasteiger partial charge in [0.15, 0.2) is 5.60 Å². The van der Waals surface area contributed by atoms with Gasteiger partial charge in [0.2, 0.25) is 0 Å². The zero-order chi connectivity index (χ0) is 18.0. The lowest BCUT2D eigenvalue weighted by Crippen LogP contribution is -2.59. The molecule has 6 heteroatoms. The van der Waals surface area contributed by atoms with E-state index in [1.165, 1.54) is 0 Å². The Morgan fingerprint density at radius 2 is 1.80 bits per heavy atom. The second-order valence-corrected chi connectivity index (χ2v) is 8.75. The Kier molecular flexibility index (Phi) is 3.93. The van der Waals surface area contributed by atoms with Crippen LogP contribution in [0.25, 0.3) is 0 Å². The van der Waals surface area contributed by atoms with Crippen LogP contribution in [0.5, 0.6) is 0 Å². The first-order valence-electron chi connectivity index (χ1n) is 9.68. The summed E-state index contributed by atoms with van der Waals surface area (Å²) in [4.78, 5) is 26.6. The summed E-state index contributed by atoms with van der Waals surface area (Å²) in [7, 11) is 0. The molecule has 4 heterocycles. The molecule has 4 fully saturated rings. The van der Waals surface area contributed by atoms with Gasteiger partial charge in [-0.25, -0.2) is 0 Å². The van der Waals surface area contributed by atoms with Crippen molar-refractivity contribution in [2.24, 2.45) is 11.8 Å². The highest BCUT2D eigenvalue weighted by molar-refractivity contribution is 5.76. The molecule has 0 amide bonds. The number of cyclic esters (lactones) is 1. The quantitative estimate of drug-likeness (QED) is 0.724. The van der Waals surface area contributed by atoms with E-state index in [9.17, 15) is 14.7 Å². The molecule has 4 saturated heterocycles. The molecule has 0 radical (unpaired) electrons. The third-order valence-electron chi connectivity index (χ3n) is 7.10. The van der Waals surface area contributed by atoms with Gasteiger partial charge in [0.25, 0.3) is 0 Å². The maximum atomic E-state index is 12.2. The van der Waals surface area contributed by atoms with Crippen LogP contribution in [0.15, 0.2) is 0 Å². The van der Waals surface area contributed by atoms with E-state index in [0.717, 1.165) is 38.6 Å². The normalized spacial score (nSPS) is 50.6. The summed E-state index contributed by atoms with van der Waals surface area (Å²) in [6, 6.07) is 0.138. The minimum Gasteiger partial charge on any atom is -0.457 e. The molecule has 25 heavy (non-hydrogen) atoms. The summed E-state index contributed by atoms with van der Waals surface area (Å²) in [6.07, 6.45) is 4.39. The molecule has 0 aliphatic carbocycles. The molecule has 4 rings (SSSR count). The first-order chi connectivity index (χ1) is 11.8. The second-order valence-electron chi connectivity index (χ2n) is 8.75. The van der Waals surface area contributed by atoms with Crippen molar-refractivity contribution in [3.05, 3.63) is 0 Å². The zero-order valence-corrected chi connectivity index (χ0v) is 15.4. The van der Waals surface area contributed by atoms with Gasteiger partial charge in [-0.3, -0.25) is 14.5 Å². The maximum Gasteiger partial charge on any atom is 0.312 e. The molecular formula is C19H29NO5. The van der Waals surface area contributed by atoms with E-state index < -0.39 is 23.2 Å². The van der Waals surface area contributed by atoms with Crippen LogP contribution in [-0.4, -0.2) is 57.9 Å². The van der Waals surface area contributed by atoms with Gasteiger partial charge in [0.05, 0.1) is 17.9 Å². The highest BCUT2D eigenvalue weighted by atomic mass is 16.6. The summed E-state index contributed by atoms with van der Waals surface area (Å²) in [5.74, 6) is -0.944. The summed E-state index contributed by atoms with van der Waals surface area (Å²) in [5, 5.41) is 10.9. The number of aliphatic hydroxyl groups excluding tert-OH is 1. The van der Waals surface area contributed by atoms with E-state index in [-0.39, 0.29) is 29.9 Å². The fraction of sp³-hybridized carbons (Fsp3) is 0.895. The number of fused-ring (bicyclic) bond motifs is 2. The molecule has 0 bridgehead atoms. The van der Waals surface area contributed by atoms with Gasteiger partial charge >= 0.3 is 11.9 Å². The Balaban J connectivity index is 1.65. The van der Waals surface area contributed by atoms with Crippen molar-refractivity contribution in [3.63, 3.8) is 0 Å². The summed E-state index contributed by atoms with van der Waals surface area (Å²) in [6.45, 7) is 6.62. The van der Waals surface area contributed by atoms with Gasteiger partial charge in [0.1, 0.15) is 11.7 Å². The Morgan fingerprint density at radius 3 is 2.40 bits per heavy atom. The number of aliphatic hydroxyl groups is 1. The predicted molar refractivity (Wildman–Crippen MR) is 89.6 cm³/mol. The number of hydrogen-bond acceptors (Lipinski definition) is 6. The van der Waals surface area contributed by atoms with Crippen LogP contribution >= 0.6 is 0 Å². The van der Waals surface area contributed by atoms with Crippen LogP contribution < -0.4 is 0 Å². The van der Waals surface area contributed by atoms with Crippen LogP contribution in [0, 0.1) is 11.8 Å². The van der Waals surface area contributed by atoms with Crippen LogP contribution in [0.4, 0.5) is 0 Å². The molecule has 6 nitrogen and oxygen atoms in total. The van der Waals surface area contributed by atoms with Crippen molar-refractivity contribution in [1.82, 2.24) is 4.90 Å². The van der Waals surface area contributed by atoms with Crippen LogP contribution in [0.2, 0.25) is 0 Å². The summed E-state index contributed by atoms with van der Waals surface area (Å²) >= 11 is 0. The van der Waals surface area contributed by atoms with E-state index >= 15 is 0 Å². The summed E-state index contributed by atoms with van der Waals surface area (Å²) in [5.41, 5.74) is -1.29. The Morgan fingerprint density at radius 1 is 1.08 bits per heavy atom. The van der Waals surface area contributed by atoms with Gasteiger partial charge < -0.3 is 14.6 Å². The van der Waals surface area contributed by atoms with Gasteiger partial charge in [-0.05, 0) is 52.5 Å². The molecule has 0 aromatic carbocycles. The molecule has 7 atom stereocenters. The first-order valence-corrected chi connectivity index (χ1v) is 9.68. The third-order valence-corrected chi connectivity index (χ3v) is 7.10. The standard InChI is InChI=1S/C19H29NO5/c1-11-10-18(3,24-16(11)22)13-6-7-14-19(8-4-5-9-20(13)14)15(21)12(2)17(23)25-19/h11-15,21H,4-10H2,1-3H3/t11-,12+,13-,14-,15+,18-,19-/m0/s1. The zero-order valence-electron chi connectivity index (χ0n) is 15.4. The van der Waals surface area contributed by atoms with Gasteiger partial charge in [-0.15, -0.1) is 0 Å². The molecule has 1 N–H and O–H groups in total. The molecule has 4 aliphatic rings. The van der Waals surface area contributed by atoms with E-state index in [2.05, 4.69) is 4.90 Å². The van der Waals surface area contributed by atoms with E-state index in [1.807, 2.05) is 13.8 Å². The second kappa shape index (κ2) is 5.68. The Hall–Kier alpha value is -1.14. The topological polar surface area (TPSA) is 76.1 Å². The Labute approximate surface area is 148 Å². The molecule has 140 valence electrons. The molecule has 1 spiro atoms. The SMILES string of the molecule is C[C@H]1C[C@@](C)([C@@H]2CC[C@@H]3N2CCCC[C@]32OC(=O)[C@H](C)[C@H]2O)OC1=O. The average Bonchev–Trinajstić information content (AvgIpc) is 3.12. The smallest absolute Gasteiger partial charge is 0.312 e. The number of esters is 2. The van der Waals surface area contributed by atoms with Gasteiger partial charge in [-0.2, -0.15) is 0 Å². The van der Waals surface area contributed by atoms with E-state index in [4.69, 9.17) is 9.47 Å². The number of hydrogen-bond donors (Lipinski definition) is 1. The lowest BCUT2D eigenvalue weighted by Gasteiger charge is -2.43. The van der Waals surface area contributed by atoms with Crippen molar-refractivity contribution < 1.29 is 24.2 Å². The van der Waals surface area contributed by atoms with Crippen molar-refractivity contribution in [3.8, 4) is 0 Å². The van der Waals surface area contributed by atoms with Gasteiger partial charge in [-0.1, -0.05) is 6.92 Å². The van der Waals surface area contributed by atoms with Crippen LogP contribution in [0.3, 0.4) is 0 Å². The number of carbonyl (C=O) groups is 2. The minimum absolute atomic E-state index is 0.00957. The van der Waals surface area contributed by atoms with E-state index in [1.54, 1.807) is 6.92 Å². The number of carbonyl (C=O) groups excluding carboxylic acids is 2. The predicted octanol–water partition coefficient (Wildman–Crippen LogP) is 1.64. The van der Waals surface area contributed by atoms with Crippen molar-refractivity contribution in [2.45, 2.75) is 88.7 Å². The number of nitrogens with zero attached hydrogens (tertiary/aromatic N) is 1. The van der Waals surface area contributed by atoms with Crippen LogP contribution in [-0.2, 0) is 19.1 Å². The number of ether oxygens (including phenoxy) is 2. The highest BCUT2D eigenvalue weighted by Crippen LogP contribution is 2.50. The van der Waals surface area contributed by atoms with Crippen molar-refractivity contribution in [2.75, 3.05) is 6.54 Å². The molecule has 0 saturated carbocycles. The maximum absolute atomic E-state index is 12.2. The summed E-state index contributed by atoms with van der Waals surface area (Å²) < 4.78 is 11.7. The lowest BCUT2D eigenvalue weighted by molar-refractivity contribution is -0.163. The molecule has 4 aliphatic heterocycles. The lowest BCUT2D eigenvalue weighted by atomic mass is 9.80. The molecular weight excluding hydrogens is 322 g/mol. The molecule has 0 aromatic heterocycles. The molecule has 0 unspecified atom stereocenters. The van der Waals surface area contributed by atoms with E-state index in [0.29, 0.717) is 6.42 Å². The fourth-order valence-electron chi connectivity index (χ4n) is 5.84. The van der Waals surface area contributed by atoms with Crippen molar-refractivity contribution in [1.29, 1.82) is 0 Å². The van der Waals surface area contributed by atoms with Crippen LogP contribution in [0.1, 0.15) is 59.3 Å².